The van der Waals surface area contributed by atoms with Crippen LogP contribution in [0.4, 0.5) is 10.1 Å². The average molecular weight is 460 g/mol. The number of aromatic nitrogens is 4. The lowest BCUT2D eigenvalue weighted by Crippen LogP contribution is -2.12. The number of nitrogens with one attached hydrogen (secondary N) is 2. The molecule has 10 heteroatoms. The van der Waals surface area contributed by atoms with Gasteiger partial charge in [-0.3, -0.25) is 9.89 Å². The van der Waals surface area contributed by atoms with Crippen molar-refractivity contribution in [1.82, 2.24) is 20.2 Å². The van der Waals surface area contributed by atoms with E-state index in [0.29, 0.717) is 28.2 Å². The van der Waals surface area contributed by atoms with Gasteiger partial charge in [-0.05, 0) is 43.7 Å². The molecule has 0 saturated heterocycles. The number of amides is 1. The van der Waals surface area contributed by atoms with Crippen LogP contribution in [0.1, 0.15) is 34.6 Å². The number of hydrogen-bond donors (Lipinski definition) is 2. The van der Waals surface area contributed by atoms with Crippen molar-refractivity contribution in [3.63, 3.8) is 0 Å². The molecule has 4 rings (SSSR count). The van der Waals surface area contributed by atoms with Crippen LogP contribution in [0.15, 0.2) is 42.7 Å². The maximum atomic E-state index is 13.3. The first kappa shape index (κ1) is 21.0. The van der Waals surface area contributed by atoms with E-state index in [0.717, 1.165) is 11.6 Å². The number of aromatic amines is 1. The summed E-state index contributed by atoms with van der Waals surface area (Å²) in [5.74, 6) is -0.457. The molecule has 1 amide bonds. The highest BCUT2D eigenvalue weighted by molar-refractivity contribution is 6.34. The standard InChI is InChI=1S/C21H16Cl2FN5O2/c1-10-3-5-13(27-21(30)12-4-6-15(24)14(22)7-12)8-16(10)31-11(2)18-17-19(23)25-9-26-20(17)29-28-18/h3-9,11H,1-2H3,(H,27,30)(H,25,26,28,29). The maximum absolute atomic E-state index is 13.3. The van der Waals surface area contributed by atoms with Gasteiger partial charge in [0.25, 0.3) is 5.91 Å². The van der Waals surface area contributed by atoms with Crippen LogP contribution in [0.5, 0.6) is 5.75 Å². The molecule has 1 unspecified atom stereocenters. The van der Waals surface area contributed by atoms with E-state index < -0.39 is 17.8 Å². The Morgan fingerprint density at radius 2 is 2.00 bits per heavy atom. The SMILES string of the molecule is Cc1ccc(NC(=O)c2ccc(F)c(Cl)c2)cc1OC(C)c1[nH]nc2ncnc(Cl)c12. The summed E-state index contributed by atoms with van der Waals surface area (Å²) in [5, 5.41) is 10.5. The lowest BCUT2D eigenvalue weighted by atomic mass is 10.1. The average Bonchev–Trinajstić information content (AvgIpc) is 3.18. The van der Waals surface area contributed by atoms with Gasteiger partial charge in [0.15, 0.2) is 5.65 Å². The van der Waals surface area contributed by atoms with Crippen molar-refractivity contribution in [2.24, 2.45) is 0 Å². The first-order chi connectivity index (χ1) is 14.8. The van der Waals surface area contributed by atoms with Gasteiger partial charge in [0.05, 0.1) is 16.1 Å². The zero-order valence-electron chi connectivity index (χ0n) is 16.4. The molecule has 2 N–H and O–H groups in total. The first-order valence-electron chi connectivity index (χ1n) is 9.21. The Balaban J connectivity index is 1.56. The van der Waals surface area contributed by atoms with Gasteiger partial charge < -0.3 is 10.1 Å². The van der Waals surface area contributed by atoms with Gasteiger partial charge in [-0.1, -0.05) is 29.3 Å². The number of fused-ring (bicyclic) bond motifs is 1. The van der Waals surface area contributed by atoms with Crippen LogP contribution in [-0.4, -0.2) is 26.1 Å². The molecule has 158 valence electrons. The van der Waals surface area contributed by atoms with Gasteiger partial charge in [0, 0.05) is 17.3 Å². The number of benzene rings is 2. The molecule has 0 spiro atoms. The van der Waals surface area contributed by atoms with Gasteiger partial charge >= 0.3 is 0 Å². The van der Waals surface area contributed by atoms with Crippen LogP contribution in [0.2, 0.25) is 10.2 Å². The third-order valence-corrected chi connectivity index (χ3v) is 5.25. The van der Waals surface area contributed by atoms with Crippen LogP contribution < -0.4 is 10.1 Å². The predicted octanol–water partition coefficient (Wildman–Crippen LogP) is 5.50. The second kappa shape index (κ2) is 8.49. The van der Waals surface area contributed by atoms with E-state index in [4.69, 9.17) is 27.9 Å². The molecule has 0 aliphatic heterocycles. The molecule has 0 aliphatic rings. The van der Waals surface area contributed by atoms with E-state index in [-0.39, 0.29) is 15.7 Å². The van der Waals surface area contributed by atoms with E-state index in [1.807, 2.05) is 19.9 Å². The Morgan fingerprint density at radius 1 is 1.19 bits per heavy atom. The molecular weight excluding hydrogens is 444 g/mol. The molecule has 0 fully saturated rings. The largest absolute Gasteiger partial charge is 0.484 e. The fourth-order valence-electron chi connectivity index (χ4n) is 3.03. The molecule has 7 nitrogen and oxygen atoms in total. The highest BCUT2D eigenvalue weighted by Gasteiger charge is 2.19. The summed E-state index contributed by atoms with van der Waals surface area (Å²) in [7, 11) is 0. The Hall–Kier alpha value is -3.23. The zero-order valence-corrected chi connectivity index (χ0v) is 17.9. The van der Waals surface area contributed by atoms with Gasteiger partial charge in [0.1, 0.15) is 29.2 Å². The summed E-state index contributed by atoms with van der Waals surface area (Å²) in [6.45, 7) is 3.72. The lowest BCUT2D eigenvalue weighted by Gasteiger charge is -2.17. The molecule has 4 aromatic rings. The first-order valence-corrected chi connectivity index (χ1v) is 9.97. The summed E-state index contributed by atoms with van der Waals surface area (Å²) >= 11 is 12.0. The molecule has 2 heterocycles. The quantitative estimate of drug-likeness (QED) is 0.384. The van der Waals surface area contributed by atoms with Crippen molar-refractivity contribution in [3.05, 3.63) is 75.5 Å². The topological polar surface area (TPSA) is 92.8 Å². The number of hydrogen-bond acceptors (Lipinski definition) is 5. The fourth-order valence-corrected chi connectivity index (χ4v) is 3.44. The van der Waals surface area contributed by atoms with Gasteiger partial charge in [-0.15, -0.1) is 0 Å². The van der Waals surface area contributed by atoms with Crippen molar-refractivity contribution in [2.75, 3.05) is 5.32 Å². The number of halogens is 3. The number of ether oxygens (including phenoxy) is 1. The monoisotopic (exact) mass is 459 g/mol. The normalized spacial score (nSPS) is 12.0. The van der Waals surface area contributed by atoms with Gasteiger partial charge in [-0.25, -0.2) is 14.4 Å². The van der Waals surface area contributed by atoms with E-state index in [1.54, 1.807) is 12.1 Å². The van der Waals surface area contributed by atoms with E-state index in [2.05, 4.69) is 25.5 Å². The number of H-pyrrole nitrogens is 1. The summed E-state index contributed by atoms with van der Waals surface area (Å²) in [4.78, 5) is 20.6. The van der Waals surface area contributed by atoms with Crippen LogP contribution in [0.3, 0.4) is 0 Å². The minimum atomic E-state index is -0.588. The number of aryl methyl sites for hydroxylation is 1. The van der Waals surface area contributed by atoms with Crippen LogP contribution in [0, 0.1) is 12.7 Å². The predicted molar refractivity (Wildman–Crippen MR) is 116 cm³/mol. The van der Waals surface area contributed by atoms with Crippen molar-refractivity contribution < 1.29 is 13.9 Å². The number of nitrogens with zero attached hydrogens (tertiary/aromatic N) is 3. The minimum Gasteiger partial charge on any atom is -0.484 e. The smallest absolute Gasteiger partial charge is 0.255 e. The maximum Gasteiger partial charge on any atom is 0.255 e. The molecule has 2 aromatic heterocycles. The van der Waals surface area contributed by atoms with Gasteiger partial charge in [-0.2, -0.15) is 5.10 Å². The molecule has 0 saturated carbocycles. The Morgan fingerprint density at radius 3 is 2.77 bits per heavy atom. The molecular formula is C21H16Cl2FN5O2. The second-order valence-corrected chi connectivity index (χ2v) is 7.59. The van der Waals surface area contributed by atoms with Crippen LogP contribution >= 0.6 is 23.2 Å². The number of carbonyl (C=O) groups excluding carboxylic acids is 1. The van der Waals surface area contributed by atoms with E-state index in [9.17, 15) is 9.18 Å². The van der Waals surface area contributed by atoms with E-state index in [1.165, 1.54) is 18.5 Å². The molecule has 31 heavy (non-hydrogen) atoms. The molecule has 2 aromatic carbocycles. The number of rotatable bonds is 5. The third-order valence-electron chi connectivity index (χ3n) is 4.67. The van der Waals surface area contributed by atoms with Crippen molar-refractivity contribution in [3.8, 4) is 5.75 Å². The zero-order chi connectivity index (χ0) is 22.1. The Kier molecular flexibility index (Phi) is 5.75. The summed E-state index contributed by atoms with van der Waals surface area (Å²) in [6.07, 6.45) is 0.889. The summed E-state index contributed by atoms with van der Waals surface area (Å²) in [6, 6.07) is 9.04. The molecule has 0 aliphatic carbocycles. The minimum absolute atomic E-state index is 0.121. The van der Waals surface area contributed by atoms with Crippen molar-refractivity contribution >= 4 is 45.8 Å². The van der Waals surface area contributed by atoms with E-state index >= 15 is 0 Å². The number of carbonyl (C=O) groups is 1. The third kappa shape index (κ3) is 4.30. The van der Waals surface area contributed by atoms with Crippen molar-refractivity contribution in [2.45, 2.75) is 20.0 Å². The van der Waals surface area contributed by atoms with Crippen LogP contribution in [0.25, 0.3) is 11.0 Å². The number of anilines is 1. The Bertz CT molecular complexity index is 1290. The fraction of sp³-hybridized carbons (Fsp3) is 0.143. The summed E-state index contributed by atoms with van der Waals surface area (Å²) in [5.41, 5.74) is 2.69. The lowest BCUT2D eigenvalue weighted by molar-refractivity contribution is 0.102. The highest BCUT2D eigenvalue weighted by Crippen LogP contribution is 2.31. The Labute approximate surface area is 186 Å². The molecule has 0 bridgehead atoms. The molecule has 0 radical (unpaired) electrons. The van der Waals surface area contributed by atoms with Gasteiger partial charge in [0.2, 0.25) is 0 Å². The van der Waals surface area contributed by atoms with Crippen LogP contribution in [-0.2, 0) is 0 Å². The highest BCUT2D eigenvalue weighted by atomic mass is 35.5. The summed E-state index contributed by atoms with van der Waals surface area (Å²) < 4.78 is 19.5. The van der Waals surface area contributed by atoms with Crippen molar-refractivity contribution in [1.29, 1.82) is 0 Å². The molecule has 1 atom stereocenters. The second-order valence-electron chi connectivity index (χ2n) is 6.82.